The summed E-state index contributed by atoms with van der Waals surface area (Å²) in [5, 5.41) is 0.514. The Labute approximate surface area is 160 Å². The Balaban J connectivity index is 1.70. The van der Waals surface area contributed by atoms with Crippen LogP contribution in [0.25, 0.3) is 0 Å². The molecule has 0 saturated carbocycles. The molecule has 0 spiro atoms. The summed E-state index contributed by atoms with van der Waals surface area (Å²) in [6.07, 6.45) is 2.18. The Kier molecular flexibility index (Phi) is 6.02. The van der Waals surface area contributed by atoms with Crippen LogP contribution in [0.15, 0.2) is 46.2 Å². The van der Waals surface area contributed by atoms with Gasteiger partial charge in [0.15, 0.2) is 17.5 Å². The fourth-order valence-corrected chi connectivity index (χ4v) is 5.08. The summed E-state index contributed by atoms with van der Waals surface area (Å²) in [5.74, 6) is -5.00. The molecule has 1 fully saturated rings. The van der Waals surface area contributed by atoms with Gasteiger partial charge in [0.1, 0.15) is 4.90 Å². The van der Waals surface area contributed by atoms with E-state index < -0.39 is 32.4 Å². The molecular weight excluding hydrogens is 397 g/mol. The summed E-state index contributed by atoms with van der Waals surface area (Å²) in [6, 6.07) is 7.96. The predicted octanol–water partition coefficient (Wildman–Crippen LogP) is 4.09. The minimum atomic E-state index is -4.37. The van der Waals surface area contributed by atoms with Crippen LogP contribution < -0.4 is 4.72 Å². The number of nitrogens with one attached hydrogen (secondary N) is 1. The van der Waals surface area contributed by atoms with Crippen molar-refractivity contribution in [2.45, 2.75) is 27.9 Å². The maximum atomic E-state index is 13.8. The van der Waals surface area contributed by atoms with Crippen LogP contribution in [-0.2, 0) is 10.0 Å². The van der Waals surface area contributed by atoms with Gasteiger partial charge in [0.25, 0.3) is 10.0 Å². The summed E-state index contributed by atoms with van der Waals surface area (Å²) in [7, 11) is -2.28. The third-order valence-corrected chi connectivity index (χ3v) is 7.11. The molecule has 1 heterocycles. The second kappa shape index (κ2) is 8.12. The Morgan fingerprint density at radius 2 is 1.63 bits per heavy atom. The van der Waals surface area contributed by atoms with Crippen molar-refractivity contribution in [1.29, 1.82) is 0 Å². The van der Waals surface area contributed by atoms with E-state index in [0.717, 1.165) is 30.8 Å². The molecule has 0 aliphatic carbocycles. The first kappa shape index (κ1) is 20.0. The molecule has 0 amide bonds. The summed E-state index contributed by atoms with van der Waals surface area (Å²) < 4.78 is 66.8. The number of hydrogen-bond donors (Lipinski definition) is 1. The lowest BCUT2D eigenvalue weighted by Gasteiger charge is -2.28. The van der Waals surface area contributed by atoms with Crippen molar-refractivity contribution in [3.05, 3.63) is 53.8 Å². The highest BCUT2D eigenvalue weighted by Gasteiger charge is 2.24. The third kappa shape index (κ3) is 4.77. The molecule has 27 heavy (non-hydrogen) atoms. The molecule has 4 nitrogen and oxygen atoms in total. The number of benzene rings is 2. The number of halogens is 3. The van der Waals surface area contributed by atoms with Gasteiger partial charge < -0.3 is 4.90 Å². The summed E-state index contributed by atoms with van der Waals surface area (Å²) in [5.41, 5.74) is 0.215. The second-order valence-electron chi connectivity index (χ2n) is 6.42. The second-order valence-corrected chi connectivity index (χ2v) is 9.45. The molecule has 0 aromatic heterocycles. The first-order valence-corrected chi connectivity index (χ1v) is 10.7. The van der Waals surface area contributed by atoms with Crippen LogP contribution in [0, 0.1) is 17.5 Å². The highest BCUT2D eigenvalue weighted by atomic mass is 32.2. The van der Waals surface area contributed by atoms with E-state index in [4.69, 9.17) is 0 Å². The average molecular weight is 416 g/mol. The fourth-order valence-electron chi connectivity index (χ4n) is 2.82. The first-order chi connectivity index (χ1) is 12.8. The van der Waals surface area contributed by atoms with Crippen molar-refractivity contribution in [2.75, 3.05) is 24.9 Å². The summed E-state index contributed by atoms with van der Waals surface area (Å²) >= 11 is 1.74. The van der Waals surface area contributed by atoms with Crippen molar-refractivity contribution >= 4 is 27.5 Å². The maximum Gasteiger partial charge on any atom is 0.264 e. The van der Waals surface area contributed by atoms with E-state index in [2.05, 4.69) is 16.7 Å². The lowest BCUT2D eigenvalue weighted by Crippen LogP contribution is -2.31. The average Bonchev–Trinajstić information content (AvgIpc) is 2.63. The molecule has 2 aromatic rings. The third-order valence-electron chi connectivity index (χ3n) is 4.36. The number of piperidine rings is 1. The van der Waals surface area contributed by atoms with Gasteiger partial charge in [0.2, 0.25) is 0 Å². The number of nitrogens with zero attached hydrogens (tertiary/aromatic N) is 1. The number of hydrogen-bond acceptors (Lipinski definition) is 4. The van der Waals surface area contributed by atoms with Crippen molar-refractivity contribution in [1.82, 2.24) is 4.90 Å². The van der Waals surface area contributed by atoms with Crippen LogP contribution in [0.1, 0.15) is 12.8 Å². The SMILES string of the molecule is CN1CCC(Sc2ccc(NS(=O)(=O)c3ccc(F)c(F)c3F)cc2)CC1. The van der Waals surface area contributed by atoms with Gasteiger partial charge in [0, 0.05) is 15.8 Å². The molecular formula is C18H19F3N2O2S2. The van der Waals surface area contributed by atoms with Crippen molar-refractivity contribution in [3.63, 3.8) is 0 Å². The van der Waals surface area contributed by atoms with Crippen LogP contribution in [-0.4, -0.2) is 38.7 Å². The Morgan fingerprint density at radius 1 is 1.00 bits per heavy atom. The highest BCUT2D eigenvalue weighted by Crippen LogP contribution is 2.31. The molecule has 2 aromatic carbocycles. The Hall–Kier alpha value is -1.71. The molecule has 9 heteroatoms. The van der Waals surface area contributed by atoms with Gasteiger partial charge >= 0.3 is 0 Å². The number of likely N-dealkylation sites (tertiary alicyclic amines) is 1. The van der Waals surface area contributed by atoms with E-state index in [1.165, 1.54) is 0 Å². The molecule has 0 atom stereocenters. The number of sulfonamides is 1. The van der Waals surface area contributed by atoms with Gasteiger partial charge in [-0.2, -0.15) is 0 Å². The normalized spacial score (nSPS) is 16.4. The van der Waals surface area contributed by atoms with E-state index in [1.54, 1.807) is 36.0 Å². The van der Waals surface area contributed by atoms with E-state index in [9.17, 15) is 21.6 Å². The minimum absolute atomic E-state index is 0.215. The standard InChI is InChI=1S/C18H19F3N2O2S2/c1-23-10-8-14(9-11-23)26-13-4-2-12(3-5-13)22-27(24,25)16-7-6-15(19)17(20)18(16)21/h2-7,14,22H,8-11H2,1H3. The monoisotopic (exact) mass is 416 g/mol. The Morgan fingerprint density at radius 3 is 2.26 bits per heavy atom. The highest BCUT2D eigenvalue weighted by molar-refractivity contribution is 8.00. The van der Waals surface area contributed by atoms with Gasteiger partial charge in [-0.05, 0) is 69.4 Å². The predicted molar refractivity (Wildman–Crippen MR) is 99.9 cm³/mol. The summed E-state index contributed by atoms with van der Waals surface area (Å²) in [4.78, 5) is 2.35. The number of thioether (sulfide) groups is 1. The van der Waals surface area contributed by atoms with Crippen LogP contribution in [0.4, 0.5) is 18.9 Å². The van der Waals surface area contributed by atoms with E-state index in [1.807, 2.05) is 0 Å². The smallest absolute Gasteiger partial charge is 0.264 e. The van der Waals surface area contributed by atoms with Gasteiger partial charge in [-0.1, -0.05) is 0 Å². The van der Waals surface area contributed by atoms with Crippen LogP contribution >= 0.6 is 11.8 Å². The molecule has 1 N–H and O–H groups in total. The van der Waals surface area contributed by atoms with E-state index >= 15 is 0 Å². The minimum Gasteiger partial charge on any atom is -0.306 e. The lowest BCUT2D eigenvalue weighted by atomic mass is 10.1. The van der Waals surface area contributed by atoms with Crippen molar-refractivity contribution < 1.29 is 21.6 Å². The topological polar surface area (TPSA) is 49.4 Å². The first-order valence-electron chi connectivity index (χ1n) is 8.38. The van der Waals surface area contributed by atoms with Crippen LogP contribution in [0.2, 0.25) is 0 Å². The molecule has 146 valence electrons. The fraction of sp³-hybridized carbons (Fsp3) is 0.333. The zero-order valence-electron chi connectivity index (χ0n) is 14.6. The molecule has 0 bridgehead atoms. The zero-order valence-corrected chi connectivity index (χ0v) is 16.2. The lowest BCUT2D eigenvalue weighted by molar-refractivity contribution is 0.282. The van der Waals surface area contributed by atoms with E-state index in [0.29, 0.717) is 17.4 Å². The van der Waals surface area contributed by atoms with Gasteiger partial charge in [0.05, 0.1) is 0 Å². The van der Waals surface area contributed by atoms with Crippen LogP contribution in [0.5, 0.6) is 0 Å². The van der Waals surface area contributed by atoms with Gasteiger partial charge in [-0.3, -0.25) is 4.72 Å². The molecule has 0 unspecified atom stereocenters. The molecule has 1 saturated heterocycles. The molecule has 1 aliphatic heterocycles. The zero-order chi connectivity index (χ0) is 19.6. The largest absolute Gasteiger partial charge is 0.306 e. The van der Waals surface area contributed by atoms with Crippen molar-refractivity contribution in [3.8, 4) is 0 Å². The number of anilines is 1. The molecule has 3 rings (SSSR count). The van der Waals surface area contributed by atoms with Gasteiger partial charge in [-0.25, -0.2) is 21.6 Å². The number of rotatable bonds is 5. The quantitative estimate of drug-likeness (QED) is 0.746. The van der Waals surface area contributed by atoms with Crippen LogP contribution in [0.3, 0.4) is 0 Å². The summed E-state index contributed by atoms with van der Waals surface area (Å²) in [6.45, 7) is 2.10. The molecule has 1 aliphatic rings. The maximum absolute atomic E-state index is 13.8. The molecule has 0 radical (unpaired) electrons. The Bertz CT molecular complexity index is 913. The van der Waals surface area contributed by atoms with Gasteiger partial charge in [-0.15, -0.1) is 11.8 Å². The van der Waals surface area contributed by atoms with Crippen molar-refractivity contribution in [2.24, 2.45) is 0 Å². The van der Waals surface area contributed by atoms with E-state index in [-0.39, 0.29) is 5.69 Å².